The molecular weight excluding hydrogens is 1040 g/mol. The number of urea groups is 1. The van der Waals surface area contributed by atoms with E-state index in [9.17, 15) is 24.4 Å². The summed E-state index contributed by atoms with van der Waals surface area (Å²) in [5, 5.41) is 27.1. The topological polar surface area (TPSA) is 266 Å². The summed E-state index contributed by atoms with van der Waals surface area (Å²) < 4.78 is 27.8. The maximum Gasteiger partial charge on any atom is 0.418 e. The van der Waals surface area contributed by atoms with Crippen LogP contribution in [0.5, 0.6) is 5.75 Å². The number of nitrogens with one attached hydrogen (secondary N) is 3. The van der Waals surface area contributed by atoms with Gasteiger partial charge >= 0.3 is 12.1 Å². The van der Waals surface area contributed by atoms with Gasteiger partial charge in [-0.3, -0.25) is 39.9 Å². The summed E-state index contributed by atoms with van der Waals surface area (Å²) in [6, 6.07) is 24.1. The molecule has 0 atom stereocenters. The van der Waals surface area contributed by atoms with Crippen LogP contribution in [-0.4, -0.2) is 156 Å². The first-order valence-corrected chi connectivity index (χ1v) is 27.3. The molecule has 0 bridgehead atoms. The number of aryl methyl sites for hydroxylation is 1. The molecule has 6 fully saturated rings. The lowest BCUT2D eigenvalue weighted by molar-refractivity contribution is -0.136. The van der Waals surface area contributed by atoms with Gasteiger partial charge in [-0.1, -0.05) is 37.3 Å². The number of piperazine rings is 2. The van der Waals surface area contributed by atoms with E-state index in [1.54, 1.807) is 54.4 Å². The third-order valence-corrected chi connectivity index (χ3v) is 14.2. The van der Waals surface area contributed by atoms with Crippen molar-refractivity contribution in [1.82, 2.24) is 39.5 Å². The first-order valence-electron chi connectivity index (χ1n) is 27.3. The van der Waals surface area contributed by atoms with Crippen LogP contribution in [-0.2, 0) is 54.5 Å². The number of aromatic nitrogens is 4. The molecule has 6 aliphatic rings. The molecule has 8 heterocycles. The lowest BCUT2D eigenvalue weighted by atomic mass is 10.1. The van der Waals surface area contributed by atoms with E-state index in [1.807, 2.05) is 47.0 Å². The van der Waals surface area contributed by atoms with Crippen LogP contribution in [0, 0.1) is 28.6 Å². The van der Waals surface area contributed by atoms with E-state index < -0.39 is 24.7 Å². The van der Waals surface area contributed by atoms with Crippen molar-refractivity contribution in [3.05, 3.63) is 124 Å². The second kappa shape index (κ2) is 27.3. The SMILES string of the molecule is CCc1ccc(CN2CCN(C)CC2=O)c(C2OCCO2)n1.CN1CCN(Cc2ccc(N(C)C(=O)Nc3cc(NC4CC4)c(C#N)cn3)nc2C2OCCO2)C(=O)C1.N#Cc1cnc(NC(=O)Oc2ccccc2)cc1CC1CC1. The molecule has 23 heteroatoms. The Bertz CT molecular complexity index is 3120. The number of benzene rings is 1. The van der Waals surface area contributed by atoms with Gasteiger partial charge in [0.2, 0.25) is 24.4 Å². The molecule has 4 aliphatic heterocycles. The van der Waals surface area contributed by atoms with Gasteiger partial charge in [0.05, 0.1) is 56.3 Å². The van der Waals surface area contributed by atoms with Crippen LogP contribution in [0.25, 0.3) is 0 Å². The highest BCUT2D eigenvalue weighted by Crippen LogP contribution is 2.34. The molecule has 81 heavy (non-hydrogen) atoms. The molecule has 5 aromatic rings. The van der Waals surface area contributed by atoms with Crippen LogP contribution in [0.4, 0.5) is 32.7 Å². The molecule has 1 aromatic carbocycles. The number of amides is 5. The molecule has 3 N–H and O–H groups in total. The Morgan fingerprint density at radius 1 is 0.704 bits per heavy atom. The number of anilines is 4. The third-order valence-electron chi connectivity index (χ3n) is 14.2. The highest BCUT2D eigenvalue weighted by molar-refractivity contribution is 6.00. The largest absolute Gasteiger partial charge is 0.418 e. The molecule has 11 rings (SSSR count). The zero-order valence-electron chi connectivity index (χ0n) is 46.1. The lowest BCUT2D eigenvalue weighted by Gasteiger charge is -2.32. The number of ether oxygens (including phenoxy) is 5. The van der Waals surface area contributed by atoms with Crippen molar-refractivity contribution in [3.8, 4) is 17.9 Å². The second-order valence-corrected chi connectivity index (χ2v) is 20.6. The predicted molar refractivity (Wildman–Crippen MR) is 297 cm³/mol. The van der Waals surface area contributed by atoms with Crippen LogP contribution < -0.4 is 25.6 Å². The fourth-order valence-electron chi connectivity index (χ4n) is 9.20. The molecule has 5 amide bonds. The average Bonchev–Trinajstić information content (AvgIpc) is 4.44. The minimum atomic E-state index is -0.662. The third kappa shape index (κ3) is 16.0. The van der Waals surface area contributed by atoms with Crippen LogP contribution in [0.15, 0.2) is 79.1 Å². The Morgan fingerprint density at radius 2 is 1.27 bits per heavy atom. The molecule has 2 aliphatic carbocycles. The van der Waals surface area contributed by atoms with Crippen molar-refractivity contribution >= 4 is 47.1 Å². The normalized spacial score (nSPS) is 17.7. The van der Waals surface area contributed by atoms with Crippen molar-refractivity contribution in [2.75, 3.05) is 108 Å². The molecule has 0 radical (unpaired) electrons. The van der Waals surface area contributed by atoms with Gasteiger partial charge in [-0.05, 0) is 106 Å². The fourth-order valence-corrected chi connectivity index (χ4v) is 9.20. The van der Waals surface area contributed by atoms with Crippen LogP contribution >= 0.6 is 0 Å². The van der Waals surface area contributed by atoms with Gasteiger partial charge in [-0.2, -0.15) is 10.5 Å². The molecular formula is C58H68N14O9. The number of para-hydroxylation sites is 1. The van der Waals surface area contributed by atoms with Gasteiger partial charge in [0.1, 0.15) is 46.7 Å². The summed E-state index contributed by atoms with van der Waals surface area (Å²) in [6.07, 6.45) is 7.52. The Kier molecular flexibility index (Phi) is 19.4. The number of nitrogens with zero attached hydrogens (tertiary/aromatic N) is 11. The van der Waals surface area contributed by atoms with Crippen LogP contribution in [0.2, 0.25) is 0 Å². The minimum Gasteiger partial charge on any atom is -0.410 e. The molecule has 4 aromatic heterocycles. The first-order chi connectivity index (χ1) is 39.3. The van der Waals surface area contributed by atoms with Crippen LogP contribution in [0.1, 0.15) is 90.1 Å². The second-order valence-electron chi connectivity index (χ2n) is 20.6. The summed E-state index contributed by atoms with van der Waals surface area (Å²) in [4.78, 5) is 76.4. The Morgan fingerprint density at radius 3 is 1.83 bits per heavy atom. The lowest BCUT2D eigenvalue weighted by Crippen LogP contribution is -2.48. The van der Waals surface area contributed by atoms with Gasteiger partial charge in [0, 0.05) is 76.5 Å². The van der Waals surface area contributed by atoms with Crippen molar-refractivity contribution in [2.24, 2.45) is 5.92 Å². The van der Waals surface area contributed by atoms with Crippen molar-refractivity contribution < 1.29 is 42.9 Å². The van der Waals surface area contributed by atoms with Crippen molar-refractivity contribution in [3.63, 3.8) is 0 Å². The number of hydrogen-bond acceptors (Lipinski definition) is 18. The molecule has 4 saturated heterocycles. The highest BCUT2D eigenvalue weighted by Gasteiger charge is 2.31. The zero-order chi connectivity index (χ0) is 56.8. The fraction of sp³-hybridized carbons (Fsp3) is 0.448. The summed E-state index contributed by atoms with van der Waals surface area (Å²) in [5.41, 5.74) is 6.78. The molecule has 0 unspecified atom stereocenters. The maximum atomic E-state index is 13.1. The number of rotatable bonds is 15. The number of carbonyl (C=O) groups excluding carboxylic acids is 4. The summed E-state index contributed by atoms with van der Waals surface area (Å²) in [6.45, 7) is 9.04. The molecule has 424 valence electrons. The quantitative estimate of drug-likeness (QED) is 0.102. The van der Waals surface area contributed by atoms with E-state index in [0.717, 1.165) is 73.4 Å². The van der Waals surface area contributed by atoms with E-state index >= 15 is 0 Å². The summed E-state index contributed by atoms with van der Waals surface area (Å²) >= 11 is 0. The molecule has 23 nitrogen and oxygen atoms in total. The highest BCUT2D eigenvalue weighted by atomic mass is 16.7. The van der Waals surface area contributed by atoms with E-state index in [0.29, 0.717) is 117 Å². The Balaban J connectivity index is 0.000000155. The van der Waals surface area contributed by atoms with E-state index in [1.165, 1.54) is 30.1 Å². The van der Waals surface area contributed by atoms with E-state index in [2.05, 4.69) is 56.0 Å². The van der Waals surface area contributed by atoms with Crippen LogP contribution in [0.3, 0.4) is 0 Å². The Hall–Kier alpha value is -8.16. The summed E-state index contributed by atoms with van der Waals surface area (Å²) in [7, 11) is 5.50. The van der Waals surface area contributed by atoms with Gasteiger partial charge in [-0.25, -0.2) is 24.5 Å². The van der Waals surface area contributed by atoms with Crippen molar-refractivity contribution in [1.29, 1.82) is 10.5 Å². The maximum absolute atomic E-state index is 13.1. The standard InChI is InChI=1S/C25H30N8O4.C17H15N3O2.C16H23N3O3/c1-31-7-8-33(22(34)15-31)14-16-3-6-21(30-23(16)24-36-9-10-37-24)32(2)25(35)29-20-11-19(28-18-4-5-18)17(12-26)13-27-20;18-10-14-11-19-16(9-13(14)8-12-6-7-12)20-17(21)22-15-4-2-1-3-5-15;1-3-13-5-4-12(15(17-13)16-21-8-9-22-16)10-19-7-6-18(2)11-14(19)20/h3,6,11,13,18,24H,4-5,7-10,14-15H2,1-2H3,(H2,27,28,29,35);1-5,9,11-12H,6-8H2,(H,19,20,21);4-5,16H,3,6-11H2,1-2H3. The molecule has 0 spiro atoms. The first kappa shape index (κ1) is 57.5. The summed E-state index contributed by atoms with van der Waals surface area (Å²) in [5.74, 6) is 2.45. The predicted octanol–water partition coefficient (Wildman–Crippen LogP) is 6.39. The average molecular weight is 1110 g/mol. The monoisotopic (exact) mass is 1100 g/mol. The zero-order valence-corrected chi connectivity index (χ0v) is 46.1. The minimum absolute atomic E-state index is 0.0546. The van der Waals surface area contributed by atoms with Gasteiger partial charge in [-0.15, -0.1) is 0 Å². The van der Waals surface area contributed by atoms with Gasteiger partial charge < -0.3 is 38.8 Å². The number of pyridine rings is 4. The molecule has 2 saturated carbocycles. The van der Waals surface area contributed by atoms with Gasteiger partial charge in [0.25, 0.3) is 0 Å². The van der Waals surface area contributed by atoms with Gasteiger partial charge in [0.15, 0.2) is 0 Å². The van der Waals surface area contributed by atoms with E-state index in [-0.39, 0.29) is 11.8 Å². The Labute approximate surface area is 471 Å². The van der Waals surface area contributed by atoms with Crippen molar-refractivity contribution in [2.45, 2.75) is 77.2 Å². The van der Waals surface area contributed by atoms with E-state index in [4.69, 9.17) is 33.9 Å². The number of carbonyl (C=O) groups is 4. The number of hydrogen-bond donors (Lipinski definition) is 3. The smallest absolute Gasteiger partial charge is 0.410 e. The number of likely N-dealkylation sites (N-methyl/N-ethyl adjacent to an activating group) is 2. The number of nitriles is 2.